The Labute approximate surface area is 93.2 Å². The third-order valence-corrected chi connectivity index (χ3v) is 2.31. The van der Waals surface area contributed by atoms with Crippen molar-refractivity contribution in [1.82, 2.24) is 0 Å². The number of carbonyl (C=O) groups excluding carboxylic acids is 1. The predicted octanol–water partition coefficient (Wildman–Crippen LogP) is 2.39. The number of rotatable bonds is 2. The number of ether oxygens (including phenoxy) is 1. The molecule has 78 valence electrons. The van der Waals surface area contributed by atoms with Crippen LogP contribution in [0, 0.1) is 18.3 Å². The maximum atomic E-state index is 11.5. The Morgan fingerprint density at radius 1 is 1.60 bits per heavy atom. The zero-order valence-electron chi connectivity index (χ0n) is 8.50. The number of aryl methyl sites for hydroxylation is 1. The SMILES string of the molecule is COC(=O)c1c(C#N)cc(C)cc1CCl. The molecule has 15 heavy (non-hydrogen) atoms. The quantitative estimate of drug-likeness (QED) is 0.571. The average molecular weight is 224 g/mol. The lowest BCUT2D eigenvalue weighted by Crippen LogP contribution is -2.08. The van der Waals surface area contributed by atoms with Crippen molar-refractivity contribution in [2.75, 3.05) is 7.11 Å². The molecular weight excluding hydrogens is 214 g/mol. The van der Waals surface area contributed by atoms with Gasteiger partial charge in [-0.1, -0.05) is 6.07 Å². The number of halogens is 1. The summed E-state index contributed by atoms with van der Waals surface area (Å²) < 4.78 is 4.61. The van der Waals surface area contributed by atoms with E-state index in [4.69, 9.17) is 16.9 Å². The van der Waals surface area contributed by atoms with E-state index in [9.17, 15) is 4.79 Å². The molecule has 0 atom stereocenters. The fourth-order valence-electron chi connectivity index (χ4n) is 1.40. The minimum Gasteiger partial charge on any atom is -0.465 e. The molecule has 0 unspecified atom stereocenters. The number of nitrogens with zero attached hydrogens (tertiary/aromatic N) is 1. The van der Waals surface area contributed by atoms with Crippen LogP contribution in [0.2, 0.25) is 0 Å². The Morgan fingerprint density at radius 2 is 2.27 bits per heavy atom. The van der Waals surface area contributed by atoms with Crippen molar-refractivity contribution in [2.24, 2.45) is 0 Å². The Bertz CT molecular complexity index is 435. The van der Waals surface area contributed by atoms with E-state index in [-0.39, 0.29) is 11.4 Å². The molecule has 0 heterocycles. The average Bonchev–Trinajstić information content (AvgIpc) is 2.26. The van der Waals surface area contributed by atoms with Gasteiger partial charge in [0.2, 0.25) is 0 Å². The number of benzene rings is 1. The number of carbonyl (C=O) groups is 1. The molecule has 0 aliphatic heterocycles. The topological polar surface area (TPSA) is 50.1 Å². The zero-order chi connectivity index (χ0) is 11.4. The number of alkyl halides is 1. The summed E-state index contributed by atoms with van der Waals surface area (Å²) in [5.41, 5.74) is 2.09. The number of hydrogen-bond acceptors (Lipinski definition) is 3. The summed E-state index contributed by atoms with van der Waals surface area (Å²) in [4.78, 5) is 11.5. The monoisotopic (exact) mass is 223 g/mol. The van der Waals surface area contributed by atoms with Gasteiger partial charge in [-0.2, -0.15) is 5.26 Å². The normalized spacial score (nSPS) is 9.47. The first kappa shape index (κ1) is 11.5. The minimum atomic E-state index is -0.526. The fourth-order valence-corrected chi connectivity index (χ4v) is 1.61. The van der Waals surface area contributed by atoms with Crippen LogP contribution in [0.25, 0.3) is 0 Å². The summed E-state index contributed by atoms with van der Waals surface area (Å²) in [6, 6.07) is 5.39. The molecule has 1 aromatic carbocycles. The van der Waals surface area contributed by atoms with Crippen molar-refractivity contribution in [3.8, 4) is 6.07 Å². The summed E-state index contributed by atoms with van der Waals surface area (Å²) in [5.74, 6) is -0.344. The maximum Gasteiger partial charge on any atom is 0.339 e. The maximum absolute atomic E-state index is 11.5. The van der Waals surface area contributed by atoms with Crippen LogP contribution >= 0.6 is 11.6 Å². The number of methoxy groups -OCH3 is 1. The van der Waals surface area contributed by atoms with Gasteiger partial charge in [-0.3, -0.25) is 0 Å². The lowest BCUT2D eigenvalue weighted by Gasteiger charge is -2.08. The van der Waals surface area contributed by atoms with E-state index < -0.39 is 5.97 Å². The fraction of sp³-hybridized carbons (Fsp3) is 0.273. The molecule has 0 aliphatic carbocycles. The van der Waals surface area contributed by atoms with Crippen LogP contribution in [0.3, 0.4) is 0 Å². The Balaban J connectivity index is 3.45. The molecular formula is C11H10ClNO2. The van der Waals surface area contributed by atoms with Gasteiger partial charge in [0.1, 0.15) is 6.07 Å². The van der Waals surface area contributed by atoms with E-state index in [1.54, 1.807) is 12.1 Å². The molecule has 0 fully saturated rings. The van der Waals surface area contributed by atoms with Crippen molar-refractivity contribution in [3.63, 3.8) is 0 Å². The number of nitriles is 1. The van der Waals surface area contributed by atoms with Gasteiger partial charge in [-0.15, -0.1) is 11.6 Å². The van der Waals surface area contributed by atoms with E-state index in [1.807, 2.05) is 13.0 Å². The van der Waals surface area contributed by atoms with Gasteiger partial charge in [0.05, 0.1) is 18.2 Å². The second kappa shape index (κ2) is 4.81. The van der Waals surface area contributed by atoms with Crippen LogP contribution < -0.4 is 0 Å². The van der Waals surface area contributed by atoms with E-state index in [0.717, 1.165) is 5.56 Å². The highest BCUT2D eigenvalue weighted by atomic mass is 35.5. The van der Waals surface area contributed by atoms with Crippen LogP contribution in [0.1, 0.15) is 27.0 Å². The van der Waals surface area contributed by atoms with Crippen molar-refractivity contribution in [2.45, 2.75) is 12.8 Å². The lowest BCUT2D eigenvalue weighted by atomic mass is 10.00. The van der Waals surface area contributed by atoms with Crippen LogP contribution in [0.5, 0.6) is 0 Å². The Morgan fingerprint density at radius 3 is 2.73 bits per heavy atom. The number of hydrogen-bond donors (Lipinski definition) is 0. The molecule has 0 saturated heterocycles. The van der Waals surface area contributed by atoms with Gasteiger partial charge in [0, 0.05) is 5.88 Å². The van der Waals surface area contributed by atoms with E-state index in [0.29, 0.717) is 11.1 Å². The van der Waals surface area contributed by atoms with Gasteiger partial charge < -0.3 is 4.74 Å². The molecule has 0 radical (unpaired) electrons. The third kappa shape index (κ3) is 2.28. The smallest absolute Gasteiger partial charge is 0.339 e. The second-order valence-corrected chi connectivity index (χ2v) is 3.35. The molecule has 0 aliphatic rings. The Hall–Kier alpha value is -1.53. The van der Waals surface area contributed by atoms with Gasteiger partial charge in [0.25, 0.3) is 0 Å². The summed E-state index contributed by atoms with van der Waals surface area (Å²) in [5, 5.41) is 8.91. The van der Waals surface area contributed by atoms with Crippen LogP contribution in [-0.4, -0.2) is 13.1 Å². The molecule has 0 saturated carbocycles. The summed E-state index contributed by atoms with van der Waals surface area (Å²) in [6.45, 7) is 1.85. The van der Waals surface area contributed by atoms with Crippen LogP contribution in [0.4, 0.5) is 0 Å². The molecule has 0 N–H and O–H groups in total. The first-order valence-corrected chi connectivity index (χ1v) is 4.85. The molecule has 3 nitrogen and oxygen atoms in total. The van der Waals surface area contributed by atoms with Crippen LogP contribution in [0.15, 0.2) is 12.1 Å². The number of esters is 1. The van der Waals surface area contributed by atoms with E-state index in [1.165, 1.54) is 7.11 Å². The Kier molecular flexibility index (Phi) is 3.70. The largest absolute Gasteiger partial charge is 0.465 e. The van der Waals surface area contributed by atoms with Gasteiger partial charge >= 0.3 is 5.97 Å². The predicted molar refractivity (Wildman–Crippen MR) is 56.8 cm³/mol. The second-order valence-electron chi connectivity index (χ2n) is 3.08. The van der Waals surface area contributed by atoms with E-state index in [2.05, 4.69) is 4.74 Å². The van der Waals surface area contributed by atoms with Gasteiger partial charge in [-0.05, 0) is 24.1 Å². The van der Waals surface area contributed by atoms with Gasteiger partial charge in [-0.25, -0.2) is 4.79 Å². The van der Waals surface area contributed by atoms with Crippen molar-refractivity contribution >= 4 is 17.6 Å². The molecule has 0 bridgehead atoms. The molecule has 0 amide bonds. The zero-order valence-corrected chi connectivity index (χ0v) is 9.26. The first-order chi connectivity index (χ1) is 7.13. The van der Waals surface area contributed by atoms with Crippen LogP contribution in [-0.2, 0) is 10.6 Å². The molecule has 1 aromatic rings. The van der Waals surface area contributed by atoms with E-state index >= 15 is 0 Å². The van der Waals surface area contributed by atoms with Crippen molar-refractivity contribution in [1.29, 1.82) is 5.26 Å². The summed E-state index contributed by atoms with van der Waals surface area (Å²) in [7, 11) is 1.28. The summed E-state index contributed by atoms with van der Waals surface area (Å²) >= 11 is 5.72. The molecule has 4 heteroatoms. The standard InChI is InChI=1S/C11H10ClNO2/c1-7-3-8(5-12)10(11(14)15-2)9(4-7)6-13/h3-4H,5H2,1-2H3. The molecule has 0 aromatic heterocycles. The highest BCUT2D eigenvalue weighted by Gasteiger charge is 2.17. The lowest BCUT2D eigenvalue weighted by molar-refractivity contribution is 0.0599. The molecule has 1 rings (SSSR count). The minimum absolute atomic E-state index is 0.181. The van der Waals surface area contributed by atoms with Crippen molar-refractivity contribution in [3.05, 3.63) is 34.4 Å². The van der Waals surface area contributed by atoms with Gasteiger partial charge in [0.15, 0.2) is 0 Å². The molecule has 0 spiro atoms. The third-order valence-electron chi connectivity index (χ3n) is 2.02. The highest BCUT2D eigenvalue weighted by molar-refractivity contribution is 6.17. The first-order valence-electron chi connectivity index (χ1n) is 4.32. The highest BCUT2D eigenvalue weighted by Crippen LogP contribution is 2.19. The van der Waals surface area contributed by atoms with Crippen molar-refractivity contribution < 1.29 is 9.53 Å². The summed E-state index contributed by atoms with van der Waals surface area (Å²) in [6.07, 6.45) is 0.